The van der Waals surface area contributed by atoms with Crippen LogP contribution in [0.25, 0.3) is 5.52 Å². The van der Waals surface area contributed by atoms with Crippen LogP contribution in [-0.4, -0.2) is 56.9 Å². The van der Waals surface area contributed by atoms with E-state index in [1.165, 1.54) is 6.33 Å². The standard InChI is InChI=1S/C19H23ClN6O2/c1-28-17-8-13(2-3-14(17)20)24-19-18-12(4-7-26(18)23-11-22-19)9-25-6-5-15(21)16(27)10-25/h2-4,7-8,11,15-16,27H,5-6,9-10,21H2,1H3,(H,22,23,24)/t15-,16-/m1/s1. The maximum atomic E-state index is 10.1. The predicted molar refractivity (Wildman–Crippen MR) is 108 cm³/mol. The van der Waals surface area contributed by atoms with Gasteiger partial charge in [-0.25, -0.2) is 9.50 Å². The number of nitrogens with one attached hydrogen (secondary N) is 1. The van der Waals surface area contributed by atoms with E-state index in [-0.39, 0.29) is 6.04 Å². The Hall–Kier alpha value is -2.39. The van der Waals surface area contributed by atoms with E-state index in [1.807, 2.05) is 24.4 Å². The molecule has 2 aromatic heterocycles. The summed E-state index contributed by atoms with van der Waals surface area (Å²) in [4.78, 5) is 6.63. The van der Waals surface area contributed by atoms with Gasteiger partial charge in [0, 0.05) is 43.6 Å². The van der Waals surface area contributed by atoms with Crippen molar-refractivity contribution in [1.29, 1.82) is 0 Å². The number of aliphatic hydroxyl groups is 1. The molecular weight excluding hydrogens is 380 g/mol. The summed E-state index contributed by atoms with van der Waals surface area (Å²) in [5, 5.41) is 18.3. The van der Waals surface area contributed by atoms with Crippen LogP contribution in [0, 0.1) is 0 Å². The molecule has 0 spiro atoms. The van der Waals surface area contributed by atoms with Gasteiger partial charge in [0.1, 0.15) is 17.6 Å². The first-order valence-corrected chi connectivity index (χ1v) is 9.50. The molecule has 1 aromatic carbocycles. The molecule has 0 amide bonds. The van der Waals surface area contributed by atoms with Gasteiger partial charge in [0.2, 0.25) is 0 Å². The summed E-state index contributed by atoms with van der Waals surface area (Å²) in [6.07, 6.45) is 3.69. The first kappa shape index (κ1) is 18.9. The van der Waals surface area contributed by atoms with Gasteiger partial charge in [-0.15, -0.1) is 0 Å². The third kappa shape index (κ3) is 3.77. The average molecular weight is 403 g/mol. The highest BCUT2D eigenvalue weighted by Gasteiger charge is 2.25. The number of fused-ring (bicyclic) bond motifs is 1. The van der Waals surface area contributed by atoms with Crippen molar-refractivity contribution in [3.63, 3.8) is 0 Å². The third-order valence-corrected chi connectivity index (χ3v) is 5.38. The molecule has 0 saturated carbocycles. The number of methoxy groups -OCH3 is 1. The molecule has 0 bridgehead atoms. The molecule has 9 heteroatoms. The number of anilines is 2. The highest BCUT2D eigenvalue weighted by Crippen LogP contribution is 2.30. The molecule has 3 heterocycles. The summed E-state index contributed by atoms with van der Waals surface area (Å²) >= 11 is 6.12. The number of nitrogens with two attached hydrogens (primary N) is 1. The van der Waals surface area contributed by atoms with E-state index in [4.69, 9.17) is 22.1 Å². The molecule has 4 N–H and O–H groups in total. The van der Waals surface area contributed by atoms with Crippen molar-refractivity contribution in [1.82, 2.24) is 19.5 Å². The molecule has 4 rings (SSSR count). The van der Waals surface area contributed by atoms with Crippen LogP contribution < -0.4 is 15.8 Å². The number of hydrogen-bond acceptors (Lipinski definition) is 7. The lowest BCUT2D eigenvalue weighted by molar-refractivity contribution is 0.0501. The minimum atomic E-state index is -0.502. The molecule has 3 aromatic rings. The number of ether oxygens (including phenoxy) is 1. The molecule has 28 heavy (non-hydrogen) atoms. The molecule has 1 aliphatic heterocycles. The van der Waals surface area contributed by atoms with Crippen molar-refractivity contribution >= 4 is 28.6 Å². The van der Waals surface area contributed by atoms with Gasteiger partial charge in [0.25, 0.3) is 0 Å². The fraction of sp³-hybridized carbons (Fsp3) is 0.368. The van der Waals surface area contributed by atoms with Crippen molar-refractivity contribution in [3.05, 3.63) is 47.4 Å². The van der Waals surface area contributed by atoms with Crippen LogP contribution in [0.2, 0.25) is 5.02 Å². The van der Waals surface area contributed by atoms with Gasteiger partial charge in [-0.2, -0.15) is 5.10 Å². The number of aromatic nitrogens is 3. The van der Waals surface area contributed by atoms with Crippen LogP contribution in [0.1, 0.15) is 12.0 Å². The SMILES string of the molecule is COc1cc(Nc2ncnn3ccc(CN4CC[C@@H](N)[C@H](O)C4)c23)ccc1Cl. The van der Waals surface area contributed by atoms with Crippen LogP contribution in [0.3, 0.4) is 0 Å². The number of halogens is 1. The fourth-order valence-electron chi connectivity index (χ4n) is 3.51. The Balaban J connectivity index is 1.62. The number of aliphatic hydroxyl groups excluding tert-OH is 1. The van der Waals surface area contributed by atoms with Crippen molar-refractivity contribution in [2.45, 2.75) is 25.1 Å². The largest absolute Gasteiger partial charge is 0.495 e. The maximum absolute atomic E-state index is 10.1. The van der Waals surface area contributed by atoms with E-state index >= 15 is 0 Å². The second-order valence-electron chi connectivity index (χ2n) is 6.97. The van der Waals surface area contributed by atoms with Crippen molar-refractivity contribution in [3.8, 4) is 5.75 Å². The number of hydrogen-bond donors (Lipinski definition) is 3. The summed E-state index contributed by atoms with van der Waals surface area (Å²) in [5.74, 6) is 1.28. The Bertz CT molecular complexity index is 978. The lowest BCUT2D eigenvalue weighted by atomic mass is 10.0. The van der Waals surface area contributed by atoms with Gasteiger partial charge in [-0.05, 0) is 30.2 Å². The molecule has 0 aliphatic carbocycles. The molecule has 1 aliphatic rings. The Kier molecular flexibility index (Phi) is 5.36. The predicted octanol–water partition coefficient (Wildman–Crippen LogP) is 2.03. The average Bonchev–Trinajstić information content (AvgIpc) is 3.10. The lowest BCUT2D eigenvalue weighted by Crippen LogP contribution is -2.50. The van der Waals surface area contributed by atoms with Crippen molar-refractivity contribution in [2.24, 2.45) is 5.73 Å². The van der Waals surface area contributed by atoms with Crippen molar-refractivity contribution in [2.75, 3.05) is 25.5 Å². The Morgan fingerprint density at radius 3 is 3.04 bits per heavy atom. The minimum absolute atomic E-state index is 0.150. The van der Waals surface area contributed by atoms with Gasteiger partial charge in [0.05, 0.1) is 18.2 Å². The summed E-state index contributed by atoms with van der Waals surface area (Å²) < 4.78 is 7.08. The number of likely N-dealkylation sites (tertiary alicyclic amines) is 1. The Morgan fingerprint density at radius 2 is 2.25 bits per heavy atom. The van der Waals surface area contributed by atoms with Crippen LogP contribution >= 0.6 is 11.6 Å². The third-order valence-electron chi connectivity index (χ3n) is 5.06. The second kappa shape index (κ2) is 7.92. The van der Waals surface area contributed by atoms with E-state index in [9.17, 15) is 5.11 Å². The smallest absolute Gasteiger partial charge is 0.158 e. The highest BCUT2D eigenvalue weighted by atomic mass is 35.5. The van der Waals surface area contributed by atoms with Crippen molar-refractivity contribution < 1.29 is 9.84 Å². The number of piperidine rings is 1. The molecular formula is C19H23ClN6O2. The van der Waals surface area contributed by atoms with E-state index in [0.717, 1.165) is 29.7 Å². The molecule has 0 unspecified atom stereocenters. The first-order valence-electron chi connectivity index (χ1n) is 9.13. The topological polar surface area (TPSA) is 101 Å². The van der Waals surface area contributed by atoms with Gasteiger partial charge in [0.15, 0.2) is 5.82 Å². The Labute approximate surface area is 167 Å². The normalized spacial score (nSPS) is 20.4. The summed E-state index contributed by atoms with van der Waals surface area (Å²) in [7, 11) is 1.58. The molecule has 8 nitrogen and oxygen atoms in total. The number of β-amino-alcohol motifs (C(OH)–C–C–N with tert-alkyl or cyclic N) is 1. The van der Waals surface area contributed by atoms with Gasteiger partial charge >= 0.3 is 0 Å². The quantitative estimate of drug-likeness (QED) is 0.600. The summed E-state index contributed by atoms with van der Waals surface area (Å²) in [6.45, 7) is 2.09. The molecule has 1 saturated heterocycles. The fourth-order valence-corrected chi connectivity index (χ4v) is 3.71. The molecule has 1 fully saturated rings. The monoisotopic (exact) mass is 402 g/mol. The highest BCUT2D eigenvalue weighted by molar-refractivity contribution is 6.32. The zero-order valence-electron chi connectivity index (χ0n) is 15.5. The van der Waals surface area contributed by atoms with Crippen LogP contribution in [0.4, 0.5) is 11.5 Å². The van der Waals surface area contributed by atoms with E-state index < -0.39 is 6.10 Å². The number of rotatable bonds is 5. The lowest BCUT2D eigenvalue weighted by Gasteiger charge is -2.33. The second-order valence-corrected chi connectivity index (χ2v) is 7.38. The maximum Gasteiger partial charge on any atom is 0.158 e. The van der Waals surface area contributed by atoms with Crippen LogP contribution in [-0.2, 0) is 6.54 Å². The number of nitrogens with zero attached hydrogens (tertiary/aromatic N) is 4. The van der Waals surface area contributed by atoms with E-state index in [2.05, 4.69) is 20.3 Å². The summed E-state index contributed by atoms with van der Waals surface area (Å²) in [6, 6.07) is 7.35. The Morgan fingerprint density at radius 1 is 1.39 bits per heavy atom. The van der Waals surface area contributed by atoms with Crippen LogP contribution in [0.5, 0.6) is 5.75 Å². The first-order chi connectivity index (χ1) is 13.5. The van der Waals surface area contributed by atoms with Crippen LogP contribution in [0.15, 0.2) is 36.8 Å². The van der Waals surface area contributed by atoms with Gasteiger partial charge in [-0.1, -0.05) is 11.6 Å². The zero-order valence-corrected chi connectivity index (χ0v) is 16.3. The zero-order chi connectivity index (χ0) is 19.7. The van der Waals surface area contributed by atoms with E-state index in [1.54, 1.807) is 17.7 Å². The molecule has 0 radical (unpaired) electrons. The molecule has 2 atom stereocenters. The van der Waals surface area contributed by atoms with Gasteiger partial charge < -0.3 is 20.9 Å². The minimum Gasteiger partial charge on any atom is -0.495 e. The number of benzene rings is 1. The van der Waals surface area contributed by atoms with E-state index in [0.29, 0.717) is 29.7 Å². The van der Waals surface area contributed by atoms with Gasteiger partial charge in [-0.3, -0.25) is 4.90 Å². The summed E-state index contributed by atoms with van der Waals surface area (Å²) in [5.41, 5.74) is 8.70. The molecule has 148 valence electrons.